The first kappa shape index (κ1) is 42.6. The molecule has 5 fully saturated rings. The molecule has 1 aromatic carbocycles. The van der Waals surface area contributed by atoms with Crippen LogP contribution in [0.1, 0.15) is 94.4 Å². The normalized spacial score (nSPS) is 29.7. The molecule has 0 unspecified atom stereocenters. The molecule has 2 N–H and O–H groups in total. The van der Waals surface area contributed by atoms with Gasteiger partial charge < -0.3 is 19.0 Å². The summed E-state index contributed by atoms with van der Waals surface area (Å²) in [6.45, 7) is 9.06. The summed E-state index contributed by atoms with van der Waals surface area (Å²) >= 11 is 0. The second kappa shape index (κ2) is 16.4. The fourth-order valence-electron chi connectivity index (χ4n) is 11.8. The first-order chi connectivity index (χ1) is 31.9. The molecule has 3 saturated heterocycles. The highest BCUT2D eigenvalue weighted by atomic mass is 16.5. The number of nitrogens with zero attached hydrogens (tertiary/aromatic N) is 9. The average molecular weight is 892 g/mol. The van der Waals surface area contributed by atoms with E-state index in [0.29, 0.717) is 50.5 Å². The fourth-order valence-corrected chi connectivity index (χ4v) is 11.8. The first-order valence-electron chi connectivity index (χ1n) is 23.6. The van der Waals surface area contributed by atoms with Gasteiger partial charge in [0, 0.05) is 107 Å². The Kier molecular flexibility index (Phi) is 10.6. The van der Waals surface area contributed by atoms with Crippen LogP contribution >= 0.6 is 0 Å². The molecule has 8 atom stereocenters. The standard InChI is InChI=1S/C50H57N11O5/c1-29-40(36-13-16-53-28-54-36)41(29)45(62)56-42-44(59-25-50(26-59)14-18-58(50)4)46-55-38(24-65-46)31-10-12-39-34(20-31)35(21-49(2,3)27-66-48(64)37-8-6-17-60(57-37)47(42)63)43(32-7-5-15-52-23-32)61(39)33-11-9-30(19-33)22-51/h5,7,10,12-13,15-16,20,23-24,28-30,33,37,40-42,44,57H,6,8-9,11,14,17-19,21,25-27H2,1-4H3,(H,56,62)/t29-,30+,33+,37-,40-,41+,42-,44-/m0/s1. The Balaban J connectivity index is 1.05. The predicted octanol–water partition coefficient (Wildman–Crippen LogP) is 5.60. The number of oxazole rings is 1. The van der Waals surface area contributed by atoms with E-state index in [9.17, 15) is 14.9 Å². The molecule has 1 spiro atoms. The quantitative estimate of drug-likeness (QED) is 0.201. The summed E-state index contributed by atoms with van der Waals surface area (Å²) in [4.78, 5) is 66.8. The van der Waals surface area contributed by atoms with Crippen molar-refractivity contribution in [2.75, 3.05) is 39.8 Å². The maximum Gasteiger partial charge on any atom is 0.324 e. The van der Waals surface area contributed by atoms with Crippen LogP contribution < -0.4 is 10.7 Å². The van der Waals surface area contributed by atoms with Crippen molar-refractivity contribution in [1.29, 1.82) is 5.26 Å². The number of carbonyl (C=O) groups excluding carboxylic acids is 3. The van der Waals surface area contributed by atoms with E-state index in [0.717, 1.165) is 71.2 Å². The third-order valence-electron chi connectivity index (χ3n) is 15.7. The number of hydrogen-bond acceptors (Lipinski definition) is 13. The first-order valence-corrected chi connectivity index (χ1v) is 23.6. The number of likely N-dealkylation sites (tertiary alicyclic amines) is 2. The fraction of sp³-hybridized carbons (Fsp3) is 0.520. The van der Waals surface area contributed by atoms with Crippen LogP contribution in [0, 0.1) is 34.5 Å². The van der Waals surface area contributed by atoms with Gasteiger partial charge in [-0.15, -0.1) is 0 Å². The van der Waals surface area contributed by atoms with E-state index in [1.165, 1.54) is 11.3 Å². The molecule has 5 aromatic rings. The van der Waals surface area contributed by atoms with Gasteiger partial charge in [-0.05, 0) is 93.8 Å². The van der Waals surface area contributed by atoms with E-state index in [-0.39, 0.29) is 47.8 Å². The minimum atomic E-state index is -1.11. The van der Waals surface area contributed by atoms with Crippen LogP contribution in [0.3, 0.4) is 0 Å². The predicted molar refractivity (Wildman–Crippen MR) is 243 cm³/mol. The SMILES string of the molecule is C[C@@H]1[C@@H](C(=O)N[C@@H]2C(=O)N3CCC[C@H](N3)C(=O)OCC(C)(C)Cc3c(-c4cccnc4)n([C@@H]4CC[C@@H](C#N)C4)c4ccc(cc34)-c3coc(n3)[C@H]2N2CC3(CCN3C)C2)[C@@H]1c1ccncn1. The molecule has 16 nitrogen and oxygen atoms in total. The zero-order chi connectivity index (χ0) is 45.5. The molecule has 8 heterocycles. The number of nitriles is 1. The maximum absolute atomic E-state index is 15.2. The molecule has 6 aliphatic rings. The molecule has 16 heteroatoms. The Morgan fingerprint density at radius 2 is 1.91 bits per heavy atom. The number of hydrogen-bond donors (Lipinski definition) is 2. The van der Waals surface area contributed by atoms with Crippen LogP contribution in [-0.4, -0.2) is 115 Å². The van der Waals surface area contributed by atoms with Gasteiger partial charge in [-0.25, -0.2) is 20.4 Å². The third-order valence-corrected chi connectivity index (χ3v) is 15.7. The molecular formula is C50H57N11O5. The van der Waals surface area contributed by atoms with Crippen LogP contribution in [0.5, 0.6) is 0 Å². The van der Waals surface area contributed by atoms with Gasteiger partial charge in [-0.3, -0.25) is 34.2 Å². The largest absolute Gasteiger partial charge is 0.464 e. The number of fused-ring (bicyclic) bond motifs is 6. The summed E-state index contributed by atoms with van der Waals surface area (Å²) in [6.07, 6.45) is 13.6. The number of rotatable bonds is 6. The topological polar surface area (TPSA) is 188 Å². The summed E-state index contributed by atoms with van der Waals surface area (Å²) in [6, 6.07) is 12.3. The van der Waals surface area contributed by atoms with Gasteiger partial charge >= 0.3 is 5.97 Å². The van der Waals surface area contributed by atoms with E-state index < -0.39 is 35.4 Å². The van der Waals surface area contributed by atoms with Crippen molar-refractivity contribution in [1.82, 2.24) is 50.1 Å². The van der Waals surface area contributed by atoms with Gasteiger partial charge in [0.2, 0.25) is 11.8 Å². The molecule has 11 rings (SSSR count). The Bertz CT molecular complexity index is 2720. The summed E-state index contributed by atoms with van der Waals surface area (Å²) in [5.41, 5.74) is 9.12. The second-order valence-corrected chi connectivity index (χ2v) is 20.6. The number of esters is 1. The minimum absolute atomic E-state index is 0.00297. The molecule has 6 bridgehead atoms. The van der Waals surface area contributed by atoms with Gasteiger partial charge in [0.1, 0.15) is 36.4 Å². The molecule has 2 amide bonds. The molecule has 2 aliphatic carbocycles. The number of hydrazine groups is 1. The Morgan fingerprint density at radius 1 is 1.05 bits per heavy atom. The van der Waals surface area contributed by atoms with E-state index in [1.54, 1.807) is 18.7 Å². The van der Waals surface area contributed by atoms with Crippen LogP contribution in [-0.2, 0) is 25.5 Å². The summed E-state index contributed by atoms with van der Waals surface area (Å²) in [7, 11) is 2.13. The van der Waals surface area contributed by atoms with E-state index in [2.05, 4.69) is 91.3 Å². The average Bonchev–Trinajstić information content (AvgIpc) is 3.69. The van der Waals surface area contributed by atoms with Crippen LogP contribution in [0.25, 0.3) is 33.4 Å². The summed E-state index contributed by atoms with van der Waals surface area (Å²) in [5.74, 6) is -1.26. The molecule has 4 aromatic heterocycles. The minimum Gasteiger partial charge on any atom is -0.464 e. The van der Waals surface area contributed by atoms with Crippen molar-refractivity contribution in [2.24, 2.45) is 23.2 Å². The van der Waals surface area contributed by atoms with Crippen molar-refractivity contribution >= 4 is 28.7 Å². The highest BCUT2D eigenvalue weighted by Gasteiger charge is 2.58. The Labute approximate surface area is 384 Å². The van der Waals surface area contributed by atoms with Crippen molar-refractivity contribution in [3.05, 3.63) is 84.7 Å². The Hall–Kier alpha value is -6.02. The number of pyridine rings is 1. The molecule has 66 heavy (non-hydrogen) atoms. The highest BCUT2D eigenvalue weighted by molar-refractivity contribution is 5.95. The number of benzene rings is 1. The Morgan fingerprint density at radius 3 is 2.64 bits per heavy atom. The number of ether oxygens (including phenoxy) is 1. The number of nitrogens with one attached hydrogen (secondary N) is 2. The second-order valence-electron chi connectivity index (χ2n) is 20.6. The van der Waals surface area contributed by atoms with Crippen molar-refractivity contribution in [3.8, 4) is 28.6 Å². The van der Waals surface area contributed by atoms with Gasteiger partial charge in [0.15, 0.2) is 0 Å². The smallest absolute Gasteiger partial charge is 0.324 e. The zero-order valence-corrected chi connectivity index (χ0v) is 38.0. The van der Waals surface area contributed by atoms with Crippen molar-refractivity contribution < 1.29 is 23.5 Å². The molecule has 2 saturated carbocycles. The van der Waals surface area contributed by atoms with E-state index in [4.69, 9.17) is 14.1 Å². The molecular weight excluding hydrogens is 835 g/mol. The van der Waals surface area contributed by atoms with E-state index in [1.807, 2.05) is 25.3 Å². The molecule has 4 aliphatic heterocycles. The summed E-state index contributed by atoms with van der Waals surface area (Å²) < 4.78 is 15.1. The molecule has 0 radical (unpaired) electrons. The van der Waals surface area contributed by atoms with Gasteiger partial charge in [0.05, 0.1) is 18.4 Å². The van der Waals surface area contributed by atoms with Crippen LogP contribution in [0.2, 0.25) is 0 Å². The van der Waals surface area contributed by atoms with Crippen molar-refractivity contribution in [3.63, 3.8) is 0 Å². The monoisotopic (exact) mass is 891 g/mol. The third kappa shape index (κ3) is 7.36. The number of carbonyl (C=O) groups is 3. The van der Waals surface area contributed by atoms with Crippen molar-refractivity contribution in [2.45, 2.75) is 101 Å². The van der Waals surface area contributed by atoms with Gasteiger partial charge in [-0.2, -0.15) is 5.26 Å². The van der Waals surface area contributed by atoms with E-state index >= 15 is 4.79 Å². The van der Waals surface area contributed by atoms with Crippen LogP contribution in [0.4, 0.5) is 0 Å². The lowest BCUT2D eigenvalue weighted by Crippen LogP contribution is -2.77. The van der Waals surface area contributed by atoms with Gasteiger partial charge in [0.25, 0.3) is 5.91 Å². The van der Waals surface area contributed by atoms with Gasteiger partial charge in [-0.1, -0.05) is 26.8 Å². The maximum atomic E-state index is 15.2. The molecule has 342 valence electrons. The lowest BCUT2D eigenvalue weighted by molar-refractivity contribution is -0.160. The number of aromatic nitrogens is 5. The zero-order valence-electron chi connectivity index (χ0n) is 38.0. The number of cyclic esters (lactones) is 1. The number of amides is 2. The lowest BCUT2D eigenvalue weighted by atomic mass is 9.76. The number of likely N-dealkylation sites (N-methyl/N-ethyl adjacent to an activating group) is 1. The van der Waals surface area contributed by atoms with Crippen LogP contribution in [0.15, 0.2) is 72.0 Å². The highest BCUT2D eigenvalue weighted by Crippen LogP contribution is 2.53. The lowest BCUT2D eigenvalue weighted by Gasteiger charge is -2.63. The summed E-state index contributed by atoms with van der Waals surface area (Å²) in [5, 5.41) is 15.8.